The second kappa shape index (κ2) is 13.0. The maximum Gasteiger partial charge on any atom is 0.313 e. The predicted molar refractivity (Wildman–Crippen MR) is 140 cm³/mol. The first-order valence-corrected chi connectivity index (χ1v) is 13.6. The molecule has 1 aromatic rings. The molecule has 0 atom stereocenters. The summed E-state index contributed by atoms with van der Waals surface area (Å²) in [5, 5.41) is 0.0191. The zero-order valence-electron chi connectivity index (χ0n) is 22.6. The molecule has 0 aromatic heterocycles. The average molecular weight is 679 g/mol. The van der Waals surface area contributed by atoms with Crippen LogP contribution in [0.3, 0.4) is 0 Å². The van der Waals surface area contributed by atoms with Gasteiger partial charge in [0.2, 0.25) is 0 Å². The van der Waals surface area contributed by atoms with Crippen LogP contribution >= 0.6 is 16.3 Å². The largest absolute Gasteiger partial charge is 0.545 e. The Bertz CT molecular complexity index is 676. The van der Waals surface area contributed by atoms with Crippen LogP contribution in [-0.2, 0) is 29.6 Å². The molecule has 5 nitrogen and oxygen atoms in total. The molecule has 0 saturated heterocycles. The van der Waals surface area contributed by atoms with Gasteiger partial charge in [0, 0.05) is 20.1 Å². The number of benzene rings is 1. The summed E-state index contributed by atoms with van der Waals surface area (Å²) < 4.78 is 18.1. The molecule has 1 rings (SSSR count). The summed E-state index contributed by atoms with van der Waals surface area (Å²) in [6.45, 7) is 29.7. The first kappa shape index (κ1) is 34.6. The van der Waals surface area contributed by atoms with Gasteiger partial charge in [0.15, 0.2) is 16.3 Å². The van der Waals surface area contributed by atoms with Crippen LogP contribution in [0.15, 0.2) is 12.1 Å². The van der Waals surface area contributed by atoms with Crippen molar-refractivity contribution in [2.75, 3.05) is 7.11 Å². The summed E-state index contributed by atoms with van der Waals surface area (Å²) in [6.07, 6.45) is 0. The molecule has 1 aromatic carbocycles. The van der Waals surface area contributed by atoms with Crippen molar-refractivity contribution in [2.45, 2.75) is 104 Å². The van der Waals surface area contributed by atoms with Gasteiger partial charge in [0.1, 0.15) is 20.6 Å². The average Bonchev–Trinajstić information content (AvgIpc) is 2.61. The summed E-state index contributed by atoms with van der Waals surface area (Å²) in [5.74, 6) is 0.700. The van der Waals surface area contributed by atoms with Gasteiger partial charge in [-0.25, -0.2) is 4.79 Å². The van der Waals surface area contributed by atoms with Crippen LogP contribution in [0.25, 0.3) is 0 Å². The van der Waals surface area contributed by atoms with E-state index in [1.54, 1.807) is 12.1 Å². The zero-order chi connectivity index (χ0) is 25.7. The Morgan fingerprint density at radius 1 is 0.727 bits per heavy atom. The number of hydrogen-bond acceptors (Lipinski definition) is 5. The molecular weight excluding hydrogens is 634 g/mol. The van der Waals surface area contributed by atoms with Crippen LogP contribution in [-0.4, -0.2) is 40.5 Å². The number of rotatable bonds is 5. The van der Waals surface area contributed by atoms with E-state index in [0.29, 0.717) is 17.1 Å². The van der Waals surface area contributed by atoms with Crippen molar-refractivity contribution in [2.24, 2.45) is 0 Å². The van der Waals surface area contributed by atoms with E-state index < -0.39 is 22.3 Å². The standard InChI is InChI=1S/C24H41O4P2.CHO.Ir/c1-21(2,3)29(22(4,5)6)27-18-14-17(20(25)26-13)15-19(16-18)28-30(23(7,8)9)24(10,11)12;1-2;/h14-15H,1-13H3;1H;/q2*-1;/p+2. The van der Waals surface area contributed by atoms with Crippen LogP contribution in [0.5, 0.6) is 11.5 Å². The molecule has 0 spiro atoms. The summed E-state index contributed by atoms with van der Waals surface area (Å²) in [5.41, 5.74) is 0.426. The predicted octanol–water partition coefficient (Wildman–Crippen LogP) is 7.21. The third kappa shape index (κ3) is 11.2. The van der Waals surface area contributed by atoms with Crippen molar-refractivity contribution in [3.05, 3.63) is 23.8 Å². The number of carbonyl (C=O) groups excluding carboxylic acids is 2. The Labute approximate surface area is 218 Å². The number of hydrogen-bond donors (Lipinski definition) is 0. The second-order valence-electron chi connectivity index (χ2n) is 12.0. The molecule has 8 heteroatoms. The van der Waals surface area contributed by atoms with Gasteiger partial charge < -0.3 is 18.6 Å². The Hall–Kier alpha value is -0.531. The van der Waals surface area contributed by atoms with E-state index in [-0.39, 0.29) is 40.7 Å². The fourth-order valence-electron chi connectivity index (χ4n) is 3.95. The fourth-order valence-corrected chi connectivity index (χ4v) is 10.3. The molecule has 0 heterocycles. The van der Waals surface area contributed by atoms with Gasteiger partial charge >= 0.3 is 5.97 Å². The van der Waals surface area contributed by atoms with Crippen LogP contribution in [0, 0.1) is 6.07 Å². The minimum atomic E-state index is -1.31. The number of ether oxygens (including phenoxy) is 1. The van der Waals surface area contributed by atoms with Gasteiger partial charge in [-0.1, -0.05) is 6.07 Å². The van der Waals surface area contributed by atoms with E-state index in [0.717, 1.165) is 0 Å². The molecule has 0 saturated carbocycles. The molecule has 0 fully saturated rings. The third-order valence-corrected chi connectivity index (χ3v) is 10.7. The van der Waals surface area contributed by atoms with Crippen LogP contribution < -0.4 is 9.05 Å². The monoisotopic (exact) mass is 679 g/mol. The van der Waals surface area contributed by atoms with Crippen molar-refractivity contribution in [3.63, 3.8) is 0 Å². The normalized spacial score (nSPS) is 12.5. The molecule has 193 valence electrons. The van der Waals surface area contributed by atoms with Crippen molar-refractivity contribution in [3.8, 4) is 11.5 Å². The van der Waals surface area contributed by atoms with Gasteiger partial charge in [-0.05, 0) is 88.6 Å². The summed E-state index contributed by atoms with van der Waals surface area (Å²) >= 11 is 0. The first-order valence-electron chi connectivity index (χ1n) is 10.8. The van der Waals surface area contributed by atoms with Gasteiger partial charge in [-0.3, -0.25) is 6.79 Å². The fraction of sp³-hybridized carbons (Fsp3) is 0.680. The molecule has 0 N–H and O–H groups in total. The molecule has 1 radical (unpaired) electrons. The van der Waals surface area contributed by atoms with E-state index in [1.807, 2.05) is 0 Å². The van der Waals surface area contributed by atoms with Gasteiger partial charge in [0.05, 0.1) is 18.6 Å². The van der Waals surface area contributed by atoms with E-state index in [4.69, 9.17) is 18.6 Å². The summed E-state index contributed by atoms with van der Waals surface area (Å²) in [6, 6.07) is 6.76. The Balaban J connectivity index is 0. The minimum absolute atomic E-state index is 0. The quantitative estimate of drug-likeness (QED) is 0.143. The van der Waals surface area contributed by atoms with E-state index in [9.17, 15) is 4.79 Å². The van der Waals surface area contributed by atoms with E-state index in [2.05, 4.69) is 95.9 Å². The van der Waals surface area contributed by atoms with Gasteiger partial charge in [-0.2, -0.15) is 0 Å². The molecule has 0 unspecified atom stereocenters. The van der Waals surface area contributed by atoms with Crippen molar-refractivity contribution < 1.29 is 43.5 Å². The van der Waals surface area contributed by atoms with E-state index in [1.165, 1.54) is 7.11 Å². The zero-order valence-corrected chi connectivity index (χ0v) is 27.0. The van der Waals surface area contributed by atoms with Crippen LogP contribution in [0.1, 0.15) is 93.4 Å². The Morgan fingerprint density at radius 3 is 1.21 bits per heavy atom. The Kier molecular flexibility index (Phi) is 13.6. The SMILES string of the molecule is COC(=O)c1cc(O[PH+](C(C)(C)C)C(C)(C)C)[c-]c(O[PH+](C(C)(C)C)C(C)(C)C)c1.[CH-]=O.[Ir]. The molecule has 0 amide bonds. The molecular formula is C25H44IrO5P2. The van der Waals surface area contributed by atoms with Crippen LogP contribution in [0.2, 0.25) is 0 Å². The summed E-state index contributed by atoms with van der Waals surface area (Å²) in [7, 11) is -1.23. The van der Waals surface area contributed by atoms with E-state index >= 15 is 0 Å². The molecule has 0 aliphatic rings. The molecule has 0 aliphatic heterocycles. The second-order valence-corrected chi connectivity index (χ2v) is 19.7. The van der Waals surface area contributed by atoms with Gasteiger partial charge in [-0.15, -0.1) is 12.1 Å². The first-order chi connectivity index (χ1) is 14.3. The minimum Gasteiger partial charge on any atom is -0.545 e. The number of methoxy groups -OCH3 is 1. The third-order valence-electron chi connectivity index (χ3n) is 4.39. The number of esters is 1. The number of carbonyl (C=O) groups is 1. The smallest absolute Gasteiger partial charge is 0.313 e. The molecule has 0 aliphatic carbocycles. The van der Waals surface area contributed by atoms with Crippen LogP contribution in [0.4, 0.5) is 0 Å². The van der Waals surface area contributed by atoms with Gasteiger partial charge in [0.25, 0.3) is 0 Å². The maximum absolute atomic E-state index is 12.3. The maximum atomic E-state index is 12.3. The summed E-state index contributed by atoms with van der Waals surface area (Å²) in [4.78, 5) is 20.1. The Morgan fingerprint density at radius 2 is 1.00 bits per heavy atom. The van der Waals surface area contributed by atoms with Crippen molar-refractivity contribution in [1.29, 1.82) is 0 Å². The molecule has 0 bridgehead atoms. The van der Waals surface area contributed by atoms with Crippen molar-refractivity contribution in [1.82, 2.24) is 0 Å². The topological polar surface area (TPSA) is 61.8 Å². The van der Waals surface area contributed by atoms with Crippen molar-refractivity contribution >= 4 is 29.1 Å². The molecule has 33 heavy (non-hydrogen) atoms.